The summed E-state index contributed by atoms with van der Waals surface area (Å²) >= 11 is 1.71. The van der Waals surface area contributed by atoms with Crippen molar-refractivity contribution in [3.8, 4) is 0 Å². The summed E-state index contributed by atoms with van der Waals surface area (Å²) < 4.78 is 0. The van der Waals surface area contributed by atoms with Crippen LogP contribution in [-0.2, 0) is 4.79 Å². The summed E-state index contributed by atoms with van der Waals surface area (Å²) in [5.74, 6) is 0. The third kappa shape index (κ3) is 1.81. The molecule has 2 aromatic rings. The van der Waals surface area contributed by atoms with Crippen LogP contribution in [0.15, 0.2) is 58.3 Å². The largest absolute Gasteiger partial charge is 0.298 e. The van der Waals surface area contributed by atoms with E-state index < -0.39 is 0 Å². The van der Waals surface area contributed by atoms with Gasteiger partial charge in [-0.2, -0.15) is 0 Å². The van der Waals surface area contributed by atoms with Gasteiger partial charge in [-0.05, 0) is 29.3 Å². The SMILES string of the molecule is O=CC1=Cc2ccccc2Sc2ccccc21. The van der Waals surface area contributed by atoms with Gasteiger partial charge in [-0.25, -0.2) is 0 Å². The topological polar surface area (TPSA) is 17.1 Å². The van der Waals surface area contributed by atoms with Crippen LogP contribution in [0.3, 0.4) is 0 Å². The number of rotatable bonds is 1. The van der Waals surface area contributed by atoms with Gasteiger partial charge in [0.2, 0.25) is 0 Å². The molecule has 0 aromatic heterocycles. The molecule has 0 saturated heterocycles. The lowest BCUT2D eigenvalue weighted by molar-refractivity contribution is -0.103. The van der Waals surface area contributed by atoms with E-state index in [1.165, 1.54) is 4.90 Å². The molecule has 1 aliphatic rings. The molecule has 0 saturated carbocycles. The molecule has 0 N–H and O–H groups in total. The predicted molar refractivity (Wildman–Crippen MR) is 70.9 cm³/mol. The van der Waals surface area contributed by atoms with Crippen LogP contribution < -0.4 is 0 Å². The number of hydrogen-bond donors (Lipinski definition) is 0. The van der Waals surface area contributed by atoms with E-state index in [1.807, 2.05) is 42.5 Å². The lowest BCUT2D eigenvalue weighted by Gasteiger charge is -2.05. The van der Waals surface area contributed by atoms with Crippen molar-refractivity contribution in [3.05, 3.63) is 59.7 Å². The number of hydrogen-bond acceptors (Lipinski definition) is 2. The second-order valence-electron chi connectivity index (χ2n) is 3.85. The molecule has 0 atom stereocenters. The Balaban J connectivity index is 2.28. The summed E-state index contributed by atoms with van der Waals surface area (Å²) in [4.78, 5) is 13.5. The van der Waals surface area contributed by atoms with E-state index in [9.17, 15) is 4.79 Å². The van der Waals surface area contributed by atoms with Gasteiger partial charge in [-0.3, -0.25) is 4.79 Å². The van der Waals surface area contributed by atoms with Crippen LogP contribution in [0, 0.1) is 0 Å². The van der Waals surface area contributed by atoms with E-state index in [0.717, 1.165) is 27.9 Å². The van der Waals surface area contributed by atoms with E-state index in [-0.39, 0.29) is 0 Å². The minimum Gasteiger partial charge on any atom is -0.298 e. The zero-order valence-corrected chi connectivity index (χ0v) is 9.91. The first-order valence-electron chi connectivity index (χ1n) is 5.41. The maximum atomic E-state index is 11.2. The van der Waals surface area contributed by atoms with E-state index in [0.29, 0.717) is 0 Å². The first-order valence-corrected chi connectivity index (χ1v) is 6.23. The maximum absolute atomic E-state index is 11.2. The monoisotopic (exact) mass is 238 g/mol. The Bertz CT molecular complexity index is 614. The van der Waals surface area contributed by atoms with Gasteiger partial charge in [0.1, 0.15) is 0 Å². The number of carbonyl (C=O) groups excluding carboxylic acids is 1. The molecule has 0 fully saturated rings. The van der Waals surface area contributed by atoms with Crippen LogP contribution in [0.5, 0.6) is 0 Å². The average Bonchev–Trinajstić information content (AvgIpc) is 2.54. The van der Waals surface area contributed by atoms with Gasteiger partial charge in [0, 0.05) is 15.4 Å². The van der Waals surface area contributed by atoms with Crippen molar-refractivity contribution in [1.29, 1.82) is 0 Å². The molecule has 3 rings (SSSR count). The van der Waals surface area contributed by atoms with Gasteiger partial charge in [0.15, 0.2) is 6.29 Å². The summed E-state index contributed by atoms with van der Waals surface area (Å²) in [5.41, 5.74) is 2.87. The molecule has 82 valence electrons. The fourth-order valence-corrected chi connectivity index (χ4v) is 3.02. The molecule has 0 aliphatic carbocycles. The summed E-state index contributed by atoms with van der Waals surface area (Å²) in [6.07, 6.45) is 2.89. The highest BCUT2D eigenvalue weighted by Gasteiger charge is 2.14. The summed E-state index contributed by atoms with van der Waals surface area (Å²) in [7, 11) is 0. The Kier molecular flexibility index (Phi) is 2.57. The van der Waals surface area contributed by atoms with E-state index in [1.54, 1.807) is 11.8 Å². The molecule has 1 aliphatic heterocycles. The van der Waals surface area contributed by atoms with Crippen molar-refractivity contribution >= 4 is 29.7 Å². The van der Waals surface area contributed by atoms with Crippen LogP contribution in [0.2, 0.25) is 0 Å². The first kappa shape index (κ1) is 10.4. The number of benzene rings is 2. The molecule has 1 heterocycles. The summed E-state index contributed by atoms with van der Waals surface area (Å²) in [5, 5.41) is 0. The molecule has 0 amide bonds. The first-order chi connectivity index (χ1) is 8.38. The minimum absolute atomic E-state index is 0.748. The molecule has 0 unspecified atom stereocenters. The zero-order valence-electron chi connectivity index (χ0n) is 9.09. The third-order valence-electron chi connectivity index (χ3n) is 2.77. The van der Waals surface area contributed by atoms with Gasteiger partial charge >= 0.3 is 0 Å². The Labute approximate surface area is 104 Å². The molecule has 0 radical (unpaired) electrons. The molecular weight excluding hydrogens is 228 g/mol. The van der Waals surface area contributed by atoms with Gasteiger partial charge in [0.25, 0.3) is 0 Å². The second kappa shape index (κ2) is 4.22. The van der Waals surface area contributed by atoms with Crippen LogP contribution in [0.1, 0.15) is 11.1 Å². The van der Waals surface area contributed by atoms with Crippen molar-refractivity contribution < 1.29 is 4.79 Å². The third-order valence-corrected chi connectivity index (χ3v) is 3.94. The van der Waals surface area contributed by atoms with Crippen molar-refractivity contribution in [2.75, 3.05) is 0 Å². The molecule has 2 aromatic carbocycles. The highest BCUT2D eigenvalue weighted by Crippen LogP contribution is 2.39. The Morgan fingerprint density at radius 2 is 1.59 bits per heavy atom. The van der Waals surface area contributed by atoms with Crippen molar-refractivity contribution in [1.82, 2.24) is 0 Å². The quantitative estimate of drug-likeness (QED) is 0.701. The molecule has 2 heteroatoms. The Hall–Kier alpha value is -1.80. The Morgan fingerprint density at radius 3 is 2.41 bits per heavy atom. The number of allylic oxidation sites excluding steroid dienone is 1. The van der Waals surface area contributed by atoms with Crippen molar-refractivity contribution in [2.24, 2.45) is 0 Å². The van der Waals surface area contributed by atoms with E-state index in [4.69, 9.17) is 0 Å². The number of carbonyl (C=O) groups is 1. The highest BCUT2D eigenvalue weighted by atomic mass is 32.2. The van der Waals surface area contributed by atoms with Gasteiger partial charge in [-0.1, -0.05) is 48.2 Å². The van der Waals surface area contributed by atoms with Crippen LogP contribution in [0.4, 0.5) is 0 Å². The number of fused-ring (bicyclic) bond motifs is 2. The highest BCUT2D eigenvalue weighted by molar-refractivity contribution is 7.99. The second-order valence-corrected chi connectivity index (χ2v) is 4.94. The normalized spacial score (nSPS) is 13.1. The fraction of sp³-hybridized carbons (Fsp3) is 0. The summed E-state index contributed by atoms with van der Waals surface area (Å²) in [6, 6.07) is 16.2. The van der Waals surface area contributed by atoms with Crippen LogP contribution in [0.25, 0.3) is 11.6 Å². The van der Waals surface area contributed by atoms with Crippen LogP contribution >= 0.6 is 11.8 Å². The molecule has 1 nitrogen and oxygen atoms in total. The smallest absolute Gasteiger partial charge is 0.150 e. The predicted octanol–water partition coefficient (Wildman–Crippen LogP) is 3.89. The van der Waals surface area contributed by atoms with Crippen LogP contribution in [-0.4, -0.2) is 6.29 Å². The lowest BCUT2D eigenvalue weighted by Crippen LogP contribution is -1.86. The molecule has 0 bridgehead atoms. The van der Waals surface area contributed by atoms with Gasteiger partial charge in [0.05, 0.1) is 0 Å². The van der Waals surface area contributed by atoms with Crippen molar-refractivity contribution in [3.63, 3.8) is 0 Å². The van der Waals surface area contributed by atoms with Gasteiger partial charge < -0.3 is 0 Å². The number of aldehydes is 1. The molecule has 0 spiro atoms. The van der Waals surface area contributed by atoms with E-state index in [2.05, 4.69) is 12.1 Å². The van der Waals surface area contributed by atoms with Gasteiger partial charge in [-0.15, -0.1) is 0 Å². The average molecular weight is 238 g/mol. The maximum Gasteiger partial charge on any atom is 0.150 e. The zero-order chi connectivity index (χ0) is 11.7. The Morgan fingerprint density at radius 1 is 0.882 bits per heavy atom. The molecular formula is C15H10OS. The van der Waals surface area contributed by atoms with E-state index >= 15 is 0 Å². The standard InChI is InChI=1S/C15H10OS/c16-10-12-9-11-5-1-3-7-14(11)17-15-8-4-2-6-13(12)15/h1-10H. The fourth-order valence-electron chi connectivity index (χ4n) is 1.95. The summed E-state index contributed by atoms with van der Waals surface area (Å²) in [6.45, 7) is 0. The van der Waals surface area contributed by atoms with Crippen molar-refractivity contribution in [2.45, 2.75) is 9.79 Å². The lowest BCUT2D eigenvalue weighted by atomic mass is 10.0. The minimum atomic E-state index is 0.748. The molecule has 17 heavy (non-hydrogen) atoms.